The fraction of sp³-hybridized carbons (Fsp3) is 0.167. The van der Waals surface area contributed by atoms with E-state index in [1.807, 2.05) is 30.3 Å². The molecule has 3 nitrogen and oxygen atoms in total. The van der Waals surface area contributed by atoms with Gasteiger partial charge in [-0.1, -0.05) is 15.9 Å². The molecule has 0 amide bonds. The largest absolute Gasteiger partial charge is 0.484 e. The summed E-state index contributed by atoms with van der Waals surface area (Å²) in [5.74, 6) is 2.30. The minimum Gasteiger partial charge on any atom is -0.484 e. The SMILES string of the molecule is NCc1ccc(COc2ccc(Br)cc2Br)o1. The molecule has 2 aromatic rings. The van der Waals surface area contributed by atoms with Crippen molar-refractivity contribution in [3.8, 4) is 5.75 Å². The first-order valence-corrected chi connectivity index (χ1v) is 6.63. The van der Waals surface area contributed by atoms with E-state index < -0.39 is 0 Å². The van der Waals surface area contributed by atoms with Gasteiger partial charge in [0.2, 0.25) is 0 Å². The van der Waals surface area contributed by atoms with Crippen LogP contribution in [0.15, 0.2) is 43.7 Å². The van der Waals surface area contributed by atoms with E-state index in [1.54, 1.807) is 0 Å². The van der Waals surface area contributed by atoms with E-state index in [2.05, 4.69) is 31.9 Å². The number of furan rings is 1. The summed E-state index contributed by atoms with van der Waals surface area (Å²) in [6, 6.07) is 9.47. The van der Waals surface area contributed by atoms with Gasteiger partial charge >= 0.3 is 0 Å². The van der Waals surface area contributed by atoms with E-state index >= 15 is 0 Å². The van der Waals surface area contributed by atoms with Gasteiger partial charge in [-0.05, 0) is 46.3 Å². The molecular formula is C12H11Br2NO2. The minimum absolute atomic E-state index is 0.389. The lowest BCUT2D eigenvalue weighted by Crippen LogP contribution is -1.95. The van der Waals surface area contributed by atoms with Crippen LogP contribution in [0.5, 0.6) is 5.75 Å². The Balaban J connectivity index is 2.02. The predicted octanol–water partition coefficient (Wildman–Crippen LogP) is 3.84. The summed E-state index contributed by atoms with van der Waals surface area (Å²) in [7, 11) is 0. The molecule has 0 unspecified atom stereocenters. The maximum Gasteiger partial charge on any atom is 0.146 e. The van der Waals surface area contributed by atoms with E-state index in [0.29, 0.717) is 13.2 Å². The molecule has 0 radical (unpaired) electrons. The highest BCUT2D eigenvalue weighted by atomic mass is 79.9. The van der Waals surface area contributed by atoms with Gasteiger partial charge in [-0.15, -0.1) is 0 Å². The van der Waals surface area contributed by atoms with Crippen LogP contribution in [0.1, 0.15) is 11.5 Å². The maximum absolute atomic E-state index is 5.63. The molecule has 0 aliphatic carbocycles. The van der Waals surface area contributed by atoms with E-state index in [9.17, 15) is 0 Å². The molecule has 2 rings (SSSR count). The molecule has 0 atom stereocenters. The Morgan fingerprint density at radius 1 is 1.12 bits per heavy atom. The van der Waals surface area contributed by atoms with Crippen molar-refractivity contribution in [1.82, 2.24) is 0 Å². The number of nitrogens with two attached hydrogens (primary N) is 1. The topological polar surface area (TPSA) is 48.4 Å². The lowest BCUT2D eigenvalue weighted by molar-refractivity contribution is 0.264. The molecule has 90 valence electrons. The standard InChI is InChI=1S/C12H11Br2NO2/c13-8-1-4-12(11(14)5-8)16-7-10-3-2-9(6-15)17-10/h1-5H,6-7,15H2. The summed E-state index contributed by atoms with van der Waals surface area (Å²) in [5.41, 5.74) is 5.46. The van der Waals surface area contributed by atoms with Crippen LogP contribution >= 0.6 is 31.9 Å². The molecule has 0 saturated heterocycles. The van der Waals surface area contributed by atoms with Crippen LogP contribution in [0.4, 0.5) is 0 Å². The average molecular weight is 361 g/mol. The molecule has 1 heterocycles. The van der Waals surface area contributed by atoms with Gasteiger partial charge in [-0.3, -0.25) is 0 Å². The zero-order valence-electron chi connectivity index (χ0n) is 8.95. The molecule has 0 spiro atoms. The smallest absolute Gasteiger partial charge is 0.146 e. The molecule has 1 aromatic heterocycles. The number of rotatable bonds is 4. The number of halogens is 2. The third-order valence-corrected chi connectivity index (χ3v) is 3.30. The van der Waals surface area contributed by atoms with Crippen molar-refractivity contribution in [1.29, 1.82) is 0 Å². The second kappa shape index (κ2) is 5.71. The predicted molar refractivity (Wildman–Crippen MR) is 72.8 cm³/mol. The Labute approximate surface area is 116 Å². The highest BCUT2D eigenvalue weighted by Gasteiger charge is 2.05. The summed E-state index contributed by atoms with van der Waals surface area (Å²) in [4.78, 5) is 0. The van der Waals surface area contributed by atoms with E-state index in [1.165, 1.54) is 0 Å². The third kappa shape index (κ3) is 3.34. The Morgan fingerprint density at radius 3 is 2.53 bits per heavy atom. The molecule has 2 N–H and O–H groups in total. The maximum atomic E-state index is 5.63. The van der Waals surface area contributed by atoms with Crippen LogP contribution in [0, 0.1) is 0 Å². The van der Waals surface area contributed by atoms with Gasteiger partial charge in [-0.2, -0.15) is 0 Å². The lowest BCUT2D eigenvalue weighted by Gasteiger charge is -2.06. The van der Waals surface area contributed by atoms with Gasteiger partial charge in [-0.25, -0.2) is 0 Å². The quantitative estimate of drug-likeness (QED) is 0.900. The molecule has 1 aromatic carbocycles. The van der Waals surface area contributed by atoms with Gasteiger partial charge in [0.25, 0.3) is 0 Å². The highest BCUT2D eigenvalue weighted by molar-refractivity contribution is 9.11. The third-order valence-electron chi connectivity index (χ3n) is 2.18. The molecule has 0 saturated carbocycles. The summed E-state index contributed by atoms with van der Waals surface area (Å²) in [5, 5.41) is 0. The van der Waals surface area contributed by atoms with Crippen molar-refractivity contribution in [2.75, 3.05) is 0 Å². The average Bonchev–Trinajstić information content (AvgIpc) is 2.76. The number of ether oxygens (including phenoxy) is 1. The van der Waals surface area contributed by atoms with Crippen molar-refractivity contribution in [3.05, 3.63) is 50.8 Å². The number of hydrogen-bond donors (Lipinski definition) is 1. The monoisotopic (exact) mass is 359 g/mol. The van der Waals surface area contributed by atoms with E-state index in [-0.39, 0.29) is 0 Å². The van der Waals surface area contributed by atoms with Crippen molar-refractivity contribution >= 4 is 31.9 Å². The Bertz CT molecular complexity index is 511. The van der Waals surface area contributed by atoms with Gasteiger partial charge in [0, 0.05) is 4.47 Å². The van der Waals surface area contributed by atoms with Gasteiger partial charge in [0.05, 0.1) is 11.0 Å². The first-order valence-electron chi connectivity index (χ1n) is 5.04. The van der Waals surface area contributed by atoms with Crippen LogP contribution < -0.4 is 10.5 Å². The van der Waals surface area contributed by atoms with Gasteiger partial charge in [0.15, 0.2) is 0 Å². The Hall–Kier alpha value is -0.780. The lowest BCUT2D eigenvalue weighted by atomic mass is 10.3. The Morgan fingerprint density at radius 2 is 1.88 bits per heavy atom. The number of hydrogen-bond acceptors (Lipinski definition) is 3. The molecule has 0 aliphatic heterocycles. The van der Waals surface area contributed by atoms with Crippen molar-refractivity contribution < 1.29 is 9.15 Å². The zero-order valence-corrected chi connectivity index (χ0v) is 12.1. The highest BCUT2D eigenvalue weighted by Crippen LogP contribution is 2.28. The first kappa shape index (κ1) is 12.7. The second-order valence-corrected chi connectivity index (χ2v) is 5.21. The molecule has 17 heavy (non-hydrogen) atoms. The van der Waals surface area contributed by atoms with Crippen LogP contribution in [-0.2, 0) is 13.2 Å². The molecule has 0 bridgehead atoms. The van der Waals surface area contributed by atoms with Crippen LogP contribution in [0.2, 0.25) is 0 Å². The van der Waals surface area contributed by atoms with Crippen molar-refractivity contribution in [3.63, 3.8) is 0 Å². The Kier molecular flexibility index (Phi) is 4.25. The fourth-order valence-electron chi connectivity index (χ4n) is 1.35. The van der Waals surface area contributed by atoms with Gasteiger partial charge < -0.3 is 14.9 Å². The minimum atomic E-state index is 0.389. The van der Waals surface area contributed by atoms with Crippen LogP contribution in [0.3, 0.4) is 0 Å². The van der Waals surface area contributed by atoms with Gasteiger partial charge in [0.1, 0.15) is 23.9 Å². The van der Waals surface area contributed by atoms with Crippen LogP contribution in [0.25, 0.3) is 0 Å². The molecule has 5 heteroatoms. The fourth-order valence-corrected chi connectivity index (χ4v) is 2.51. The molecule has 0 fully saturated rings. The summed E-state index contributed by atoms with van der Waals surface area (Å²) in [6.45, 7) is 0.794. The van der Waals surface area contributed by atoms with E-state index in [4.69, 9.17) is 14.9 Å². The normalized spacial score (nSPS) is 10.5. The molecular weight excluding hydrogens is 350 g/mol. The zero-order chi connectivity index (χ0) is 12.3. The molecule has 0 aliphatic rings. The summed E-state index contributed by atoms with van der Waals surface area (Å²) < 4.78 is 13.0. The number of benzene rings is 1. The van der Waals surface area contributed by atoms with Crippen LogP contribution in [-0.4, -0.2) is 0 Å². The summed E-state index contributed by atoms with van der Waals surface area (Å²) >= 11 is 6.82. The van der Waals surface area contributed by atoms with Crippen molar-refractivity contribution in [2.45, 2.75) is 13.2 Å². The summed E-state index contributed by atoms with van der Waals surface area (Å²) in [6.07, 6.45) is 0. The van der Waals surface area contributed by atoms with E-state index in [0.717, 1.165) is 26.2 Å². The van der Waals surface area contributed by atoms with Crippen molar-refractivity contribution in [2.24, 2.45) is 5.73 Å². The second-order valence-electron chi connectivity index (χ2n) is 3.44. The first-order chi connectivity index (χ1) is 8.19.